The standard InChI is InChI=1S/C21H32N2Si.C7H7Br/c1-8-13-24(6,7)19-11-9-18(10-12-19)14-20-16(4)23-21(15(2)3)17(5)22-20;1-6-2-4-7(8)5-3-6/h8-12,15,20-21H,1,13-14H2,2-7H3;2-5H,1H3/t20-,21+;/m0./s1. The number of hydrogen-bond acceptors (Lipinski definition) is 2. The normalized spacial score (nSPS) is 18.4. The third kappa shape index (κ3) is 7.67. The Kier molecular flexibility index (Phi) is 9.84. The van der Waals surface area contributed by atoms with Gasteiger partial charge in [-0.1, -0.05) is 96.1 Å². The van der Waals surface area contributed by atoms with Crippen molar-refractivity contribution in [1.29, 1.82) is 0 Å². The molecular formula is C28H39BrN2Si. The maximum atomic E-state index is 4.94. The average Bonchev–Trinajstić information content (AvgIpc) is 2.73. The molecule has 1 heterocycles. The highest BCUT2D eigenvalue weighted by Crippen LogP contribution is 2.19. The lowest BCUT2D eigenvalue weighted by atomic mass is 9.95. The Morgan fingerprint density at radius 1 is 0.938 bits per heavy atom. The number of hydrogen-bond donors (Lipinski definition) is 0. The van der Waals surface area contributed by atoms with Gasteiger partial charge in [0.25, 0.3) is 0 Å². The molecule has 2 aromatic carbocycles. The van der Waals surface area contributed by atoms with Crippen molar-refractivity contribution < 1.29 is 0 Å². The lowest BCUT2D eigenvalue weighted by Gasteiger charge is -2.27. The van der Waals surface area contributed by atoms with Crippen LogP contribution in [-0.4, -0.2) is 31.6 Å². The molecule has 0 spiro atoms. The van der Waals surface area contributed by atoms with Gasteiger partial charge >= 0.3 is 0 Å². The zero-order valence-electron chi connectivity index (χ0n) is 20.8. The van der Waals surface area contributed by atoms with Crippen LogP contribution in [0.15, 0.2) is 75.6 Å². The second-order valence-electron chi connectivity index (χ2n) is 9.82. The average molecular weight is 512 g/mol. The van der Waals surface area contributed by atoms with E-state index in [-0.39, 0.29) is 12.1 Å². The van der Waals surface area contributed by atoms with E-state index < -0.39 is 8.07 Å². The fraction of sp³-hybridized carbons (Fsp3) is 0.429. The molecule has 2 atom stereocenters. The van der Waals surface area contributed by atoms with E-state index in [0.717, 1.165) is 16.9 Å². The van der Waals surface area contributed by atoms with Crippen molar-refractivity contribution in [2.75, 3.05) is 0 Å². The van der Waals surface area contributed by atoms with E-state index in [1.54, 1.807) is 0 Å². The molecule has 0 saturated heterocycles. The molecule has 1 aliphatic heterocycles. The van der Waals surface area contributed by atoms with Crippen molar-refractivity contribution in [3.63, 3.8) is 0 Å². The van der Waals surface area contributed by atoms with Gasteiger partial charge in [0.1, 0.15) is 0 Å². The van der Waals surface area contributed by atoms with E-state index >= 15 is 0 Å². The van der Waals surface area contributed by atoms with Crippen LogP contribution in [0.3, 0.4) is 0 Å². The largest absolute Gasteiger partial charge is 0.283 e. The molecule has 4 heteroatoms. The minimum Gasteiger partial charge on any atom is -0.283 e. The fourth-order valence-electron chi connectivity index (χ4n) is 3.97. The number of benzene rings is 2. The van der Waals surface area contributed by atoms with Crippen molar-refractivity contribution in [1.82, 2.24) is 0 Å². The Hall–Kier alpha value is -1.78. The molecule has 32 heavy (non-hydrogen) atoms. The van der Waals surface area contributed by atoms with Gasteiger partial charge in [-0.3, -0.25) is 9.98 Å². The summed E-state index contributed by atoms with van der Waals surface area (Å²) in [5.74, 6) is 0.515. The molecule has 0 radical (unpaired) electrons. The summed E-state index contributed by atoms with van der Waals surface area (Å²) in [4.78, 5) is 9.85. The van der Waals surface area contributed by atoms with Gasteiger partial charge < -0.3 is 0 Å². The molecule has 0 amide bonds. The van der Waals surface area contributed by atoms with Crippen LogP contribution in [-0.2, 0) is 6.42 Å². The quantitative estimate of drug-likeness (QED) is 0.285. The lowest BCUT2D eigenvalue weighted by Crippen LogP contribution is -2.40. The minimum atomic E-state index is -1.37. The SMILES string of the molecule is C=CC[Si](C)(C)c1ccc(C[C@@H]2N=C(C)[C@@H](C(C)C)N=C2C)cc1.Cc1ccc(Br)cc1. The summed E-state index contributed by atoms with van der Waals surface area (Å²) >= 11 is 3.35. The maximum Gasteiger partial charge on any atom is 0.0913 e. The molecule has 0 saturated carbocycles. The van der Waals surface area contributed by atoms with Crippen LogP contribution in [0.2, 0.25) is 19.1 Å². The van der Waals surface area contributed by atoms with Crippen LogP contribution in [0.25, 0.3) is 0 Å². The Labute approximate surface area is 205 Å². The lowest BCUT2D eigenvalue weighted by molar-refractivity contribution is 0.580. The first kappa shape index (κ1) is 26.5. The van der Waals surface area contributed by atoms with Crippen LogP contribution in [0.1, 0.15) is 38.8 Å². The van der Waals surface area contributed by atoms with Crippen molar-refractivity contribution in [2.45, 2.75) is 72.3 Å². The van der Waals surface area contributed by atoms with E-state index in [1.807, 2.05) is 12.1 Å². The van der Waals surface area contributed by atoms with E-state index in [9.17, 15) is 0 Å². The Morgan fingerprint density at radius 2 is 1.53 bits per heavy atom. The number of halogens is 1. The Bertz CT molecular complexity index is 919. The predicted octanol–water partition coefficient (Wildman–Crippen LogP) is 7.42. The highest BCUT2D eigenvalue weighted by atomic mass is 79.9. The molecule has 0 aliphatic carbocycles. The van der Waals surface area contributed by atoms with Crippen molar-refractivity contribution in [3.05, 3.63) is 76.8 Å². The summed E-state index contributed by atoms with van der Waals surface area (Å²) in [6.45, 7) is 19.5. The second kappa shape index (κ2) is 11.9. The zero-order valence-corrected chi connectivity index (χ0v) is 23.4. The highest BCUT2D eigenvalue weighted by Gasteiger charge is 2.25. The molecule has 0 unspecified atom stereocenters. The molecule has 2 nitrogen and oxygen atoms in total. The van der Waals surface area contributed by atoms with Gasteiger partial charge in [-0.15, -0.1) is 6.58 Å². The van der Waals surface area contributed by atoms with Crippen LogP contribution in [0.4, 0.5) is 0 Å². The molecule has 0 aromatic heterocycles. The number of rotatable bonds is 6. The maximum absolute atomic E-state index is 4.94. The Morgan fingerprint density at radius 3 is 2.03 bits per heavy atom. The first-order chi connectivity index (χ1) is 15.0. The van der Waals surface area contributed by atoms with Crippen molar-refractivity contribution >= 4 is 40.6 Å². The first-order valence-corrected chi connectivity index (χ1v) is 15.5. The van der Waals surface area contributed by atoms with Gasteiger partial charge in [0.05, 0.1) is 20.2 Å². The highest BCUT2D eigenvalue weighted by molar-refractivity contribution is 9.10. The summed E-state index contributed by atoms with van der Waals surface area (Å²) < 4.78 is 1.14. The third-order valence-corrected chi connectivity index (χ3v) is 9.81. The molecule has 1 aliphatic rings. The molecule has 0 fully saturated rings. The van der Waals surface area contributed by atoms with E-state index in [1.165, 1.54) is 27.7 Å². The van der Waals surface area contributed by atoms with Gasteiger partial charge in [0, 0.05) is 22.3 Å². The van der Waals surface area contributed by atoms with E-state index in [2.05, 4.69) is 113 Å². The summed E-state index contributed by atoms with van der Waals surface area (Å²) in [7, 11) is -1.37. The van der Waals surface area contributed by atoms with Gasteiger partial charge in [0.15, 0.2) is 0 Å². The van der Waals surface area contributed by atoms with Crippen LogP contribution in [0, 0.1) is 12.8 Å². The summed E-state index contributed by atoms with van der Waals surface area (Å²) in [6, 6.07) is 19.0. The molecule has 2 aromatic rings. The molecule has 0 N–H and O–H groups in total. The van der Waals surface area contributed by atoms with E-state index in [0.29, 0.717) is 5.92 Å². The van der Waals surface area contributed by atoms with Gasteiger partial charge in [-0.25, -0.2) is 0 Å². The Balaban J connectivity index is 0.000000380. The van der Waals surface area contributed by atoms with Crippen molar-refractivity contribution in [3.8, 4) is 0 Å². The summed E-state index contributed by atoms with van der Waals surface area (Å²) in [5.41, 5.74) is 5.00. The van der Waals surface area contributed by atoms with Gasteiger partial charge in [0.2, 0.25) is 0 Å². The number of aliphatic imine (C=N–C) groups is 2. The molecule has 3 rings (SSSR count). The monoisotopic (exact) mass is 510 g/mol. The first-order valence-electron chi connectivity index (χ1n) is 11.5. The summed E-state index contributed by atoms with van der Waals surface area (Å²) in [5, 5.41) is 1.50. The third-order valence-electron chi connectivity index (χ3n) is 6.07. The van der Waals surface area contributed by atoms with Crippen LogP contribution >= 0.6 is 15.9 Å². The minimum absolute atomic E-state index is 0.198. The van der Waals surface area contributed by atoms with Gasteiger partial charge in [-0.05, 0) is 50.4 Å². The van der Waals surface area contributed by atoms with Crippen LogP contribution < -0.4 is 5.19 Å². The number of nitrogens with zero attached hydrogens (tertiary/aromatic N) is 2. The topological polar surface area (TPSA) is 24.7 Å². The molecule has 172 valence electrons. The molecule has 0 bridgehead atoms. The molecular weight excluding hydrogens is 472 g/mol. The number of aryl methyl sites for hydroxylation is 1. The van der Waals surface area contributed by atoms with E-state index in [4.69, 9.17) is 9.98 Å². The van der Waals surface area contributed by atoms with Crippen LogP contribution in [0.5, 0.6) is 0 Å². The fourth-order valence-corrected chi connectivity index (χ4v) is 6.26. The number of allylic oxidation sites excluding steroid dienone is 1. The predicted molar refractivity (Wildman–Crippen MR) is 150 cm³/mol. The van der Waals surface area contributed by atoms with Crippen molar-refractivity contribution in [2.24, 2.45) is 15.9 Å². The summed E-state index contributed by atoms with van der Waals surface area (Å²) in [6.07, 6.45) is 3.01. The second-order valence-corrected chi connectivity index (χ2v) is 15.5. The zero-order chi connectivity index (χ0) is 23.9. The smallest absolute Gasteiger partial charge is 0.0913 e. The van der Waals surface area contributed by atoms with Gasteiger partial charge in [-0.2, -0.15) is 0 Å².